The minimum absolute atomic E-state index is 0.0868. The summed E-state index contributed by atoms with van der Waals surface area (Å²) >= 11 is 0. The number of amides is 1. The predicted octanol–water partition coefficient (Wildman–Crippen LogP) is 2.20. The molecule has 0 radical (unpaired) electrons. The summed E-state index contributed by atoms with van der Waals surface area (Å²) in [5.74, 6) is -0.0428. The lowest BCUT2D eigenvalue weighted by atomic mass is 10.00. The molecule has 0 spiro atoms. The fraction of sp³-hybridized carbons (Fsp3) is 0.381. The summed E-state index contributed by atoms with van der Waals surface area (Å²) in [5.41, 5.74) is 4.71. The van der Waals surface area contributed by atoms with Gasteiger partial charge in [0.05, 0.1) is 24.4 Å². The third-order valence-electron chi connectivity index (χ3n) is 5.17. The Bertz CT molecular complexity index is 859. The van der Waals surface area contributed by atoms with Crippen molar-refractivity contribution in [1.29, 1.82) is 0 Å². The van der Waals surface area contributed by atoms with Crippen LogP contribution in [0, 0.1) is 0 Å². The van der Waals surface area contributed by atoms with Crippen molar-refractivity contribution in [3.05, 3.63) is 58.9 Å². The second kappa shape index (κ2) is 7.88. The van der Waals surface area contributed by atoms with Crippen LogP contribution in [0.4, 0.5) is 0 Å². The van der Waals surface area contributed by atoms with Gasteiger partial charge in [0.15, 0.2) is 5.78 Å². The highest BCUT2D eigenvalue weighted by molar-refractivity contribution is 6.10. The Kier molecular flexibility index (Phi) is 5.16. The van der Waals surface area contributed by atoms with E-state index in [9.17, 15) is 9.59 Å². The van der Waals surface area contributed by atoms with Gasteiger partial charge >= 0.3 is 0 Å². The van der Waals surface area contributed by atoms with Gasteiger partial charge in [0.2, 0.25) is 5.91 Å². The van der Waals surface area contributed by atoms with Gasteiger partial charge < -0.3 is 10.6 Å². The smallest absolute Gasteiger partial charge is 0.224 e. The molecule has 0 saturated heterocycles. The Morgan fingerprint density at radius 3 is 2.93 bits per heavy atom. The highest BCUT2D eigenvalue weighted by Gasteiger charge is 2.25. The highest BCUT2D eigenvalue weighted by atomic mass is 16.2. The van der Waals surface area contributed by atoms with Gasteiger partial charge in [-0.1, -0.05) is 30.3 Å². The third kappa shape index (κ3) is 4.01. The number of rotatable bonds is 5. The number of Topliss-reactive ketones (excluding diaryl/α,β-unsaturated/α-hetero) is 1. The lowest BCUT2D eigenvalue weighted by molar-refractivity contribution is -0.122. The van der Waals surface area contributed by atoms with E-state index in [2.05, 4.69) is 15.7 Å². The van der Waals surface area contributed by atoms with Crippen LogP contribution >= 0.6 is 0 Å². The van der Waals surface area contributed by atoms with E-state index in [4.69, 9.17) is 0 Å². The van der Waals surface area contributed by atoms with Crippen molar-refractivity contribution in [2.24, 2.45) is 0 Å². The minimum Gasteiger partial charge on any atom is -0.350 e. The van der Waals surface area contributed by atoms with E-state index in [1.54, 1.807) is 0 Å². The molecular formula is C21H24N4O2. The van der Waals surface area contributed by atoms with Gasteiger partial charge in [-0.25, -0.2) is 0 Å². The fourth-order valence-electron chi connectivity index (χ4n) is 3.79. The van der Waals surface area contributed by atoms with Gasteiger partial charge in [0.1, 0.15) is 0 Å². The van der Waals surface area contributed by atoms with E-state index >= 15 is 0 Å². The first kappa shape index (κ1) is 17.7. The van der Waals surface area contributed by atoms with E-state index in [1.807, 2.05) is 41.1 Å². The molecule has 1 aromatic heterocycles. The molecule has 0 saturated carbocycles. The molecule has 2 N–H and O–H groups in total. The number of benzene rings is 1. The van der Waals surface area contributed by atoms with Gasteiger partial charge in [-0.3, -0.25) is 14.3 Å². The van der Waals surface area contributed by atoms with Crippen LogP contribution in [0.25, 0.3) is 5.57 Å². The molecule has 0 atom stereocenters. The second-order valence-electron chi connectivity index (χ2n) is 7.08. The van der Waals surface area contributed by atoms with Crippen molar-refractivity contribution < 1.29 is 9.59 Å². The molecule has 27 heavy (non-hydrogen) atoms. The number of hydrogen-bond donors (Lipinski definition) is 2. The fourth-order valence-corrected chi connectivity index (χ4v) is 3.79. The summed E-state index contributed by atoms with van der Waals surface area (Å²) in [4.78, 5) is 24.7. The molecule has 6 heteroatoms. The number of aryl methyl sites for hydroxylation is 1. The van der Waals surface area contributed by atoms with Crippen molar-refractivity contribution in [2.75, 3.05) is 6.54 Å². The maximum atomic E-state index is 12.4. The Labute approximate surface area is 158 Å². The van der Waals surface area contributed by atoms with Crippen LogP contribution in [0.1, 0.15) is 42.6 Å². The number of ketones is 1. The molecular weight excluding hydrogens is 340 g/mol. The van der Waals surface area contributed by atoms with Crippen molar-refractivity contribution in [3.63, 3.8) is 0 Å². The standard InChI is InChI=1S/C21H24N4O2/c26-20-8-7-18(15-5-2-1-3-6-15)19(20)12-21(27)23-13-16-11-17-14-22-9-4-10-25(17)24-16/h1-3,5-6,11,22H,4,7-10,12-14H2,(H,23,27). The number of nitrogens with one attached hydrogen (secondary N) is 2. The Balaban J connectivity index is 1.41. The topological polar surface area (TPSA) is 76.0 Å². The van der Waals surface area contributed by atoms with Crippen LogP contribution < -0.4 is 10.6 Å². The van der Waals surface area contributed by atoms with Crippen LogP contribution in [0.3, 0.4) is 0 Å². The van der Waals surface area contributed by atoms with Crippen LogP contribution in [0.5, 0.6) is 0 Å². The van der Waals surface area contributed by atoms with Crippen LogP contribution in [-0.4, -0.2) is 28.0 Å². The predicted molar refractivity (Wildman–Crippen MR) is 103 cm³/mol. The molecule has 140 valence electrons. The molecule has 0 unspecified atom stereocenters. The summed E-state index contributed by atoms with van der Waals surface area (Å²) in [7, 11) is 0. The summed E-state index contributed by atoms with van der Waals surface area (Å²) in [5, 5.41) is 10.9. The number of fused-ring (bicyclic) bond motifs is 1. The first-order valence-electron chi connectivity index (χ1n) is 9.54. The highest BCUT2D eigenvalue weighted by Crippen LogP contribution is 2.33. The molecule has 2 aliphatic rings. The number of nitrogens with zero attached hydrogens (tertiary/aromatic N) is 2. The average Bonchev–Trinajstić information content (AvgIpc) is 3.17. The number of carbonyl (C=O) groups is 2. The Hall–Kier alpha value is -2.73. The van der Waals surface area contributed by atoms with E-state index in [0.29, 0.717) is 25.0 Å². The molecule has 1 amide bonds. The van der Waals surface area contributed by atoms with Gasteiger partial charge in [0.25, 0.3) is 0 Å². The quantitative estimate of drug-likeness (QED) is 0.853. The molecule has 1 aromatic carbocycles. The van der Waals surface area contributed by atoms with E-state index in [1.165, 1.54) is 0 Å². The maximum Gasteiger partial charge on any atom is 0.224 e. The zero-order valence-electron chi connectivity index (χ0n) is 15.3. The molecule has 6 nitrogen and oxygen atoms in total. The van der Waals surface area contributed by atoms with E-state index in [0.717, 1.165) is 48.6 Å². The van der Waals surface area contributed by atoms with Crippen LogP contribution in [-0.2, 0) is 29.2 Å². The van der Waals surface area contributed by atoms with Gasteiger partial charge in [-0.2, -0.15) is 5.10 Å². The minimum atomic E-state index is -0.130. The lowest BCUT2D eigenvalue weighted by Crippen LogP contribution is -2.24. The number of allylic oxidation sites excluding steroid dienone is 1. The monoisotopic (exact) mass is 364 g/mol. The number of hydrogen-bond acceptors (Lipinski definition) is 4. The number of carbonyl (C=O) groups excluding carboxylic acids is 2. The largest absolute Gasteiger partial charge is 0.350 e. The SMILES string of the molecule is O=C(CC1=C(c2ccccc2)CCC1=O)NCc1cc2n(n1)CCCNC2. The second-order valence-corrected chi connectivity index (χ2v) is 7.08. The van der Waals surface area contributed by atoms with Crippen LogP contribution in [0.2, 0.25) is 0 Å². The van der Waals surface area contributed by atoms with E-state index < -0.39 is 0 Å². The van der Waals surface area contributed by atoms with Crippen molar-refractivity contribution in [3.8, 4) is 0 Å². The van der Waals surface area contributed by atoms with Crippen molar-refractivity contribution in [1.82, 2.24) is 20.4 Å². The average molecular weight is 364 g/mol. The molecule has 2 aromatic rings. The summed E-state index contributed by atoms with van der Waals surface area (Å²) in [6, 6.07) is 11.9. The molecule has 0 bridgehead atoms. The maximum absolute atomic E-state index is 12.4. The third-order valence-corrected chi connectivity index (χ3v) is 5.17. The van der Waals surface area contributed by atoms with Gasteiger partial charge in [0, 0.05) is 25.1 Å². The molecule has 0 fully saturated rings. The first-order valence-corrected chi connectivity index (χ1v) is 9.54. The molecule has 2 heterocycles. The normalized spacial score (nSPS) is 17.0. The van der Waals surface area contributed by atoms with Crippen LogP contribution in [0.15, 0.2) is 42.0 Å². The van der Waals surface area contributed by atoms with Crippen molar-refractivity contribution >= 4 is 17.3 Å². The molecule has 1 aliphatic carbocycles. The molecule has 4 rings (SSSR count). The molecule has 1 aliphatic heterocycles. The summed E-state index contributed by atoms with van der Waals surface area (Å²) in [6.45, 7) is 3.10. The summed E-state index contributed by atoms with van der Waals surface area (Å²) in [6.07, 6.45) is 2.40. The van der Waals surface area contributed by atoms with Crippen molar-refractivity contribution in [2.45, 2.75) is 45.3 Å². The number of aromatic nitrogens is 2. The Morgan fingerprint density at radius 1 is 1.22 bits per heavy atom. The van der Waals surface area contributed by atoms with Gasteiger partial charge in [-0.15, -0.1) is 0 Å². The van der Waals surface area contributed by atoms with Gasteiger partial charge in [-0.05, 0) is 36.6 Å². The summed E-state index contributed by atoms with van der Waals surface area (Å²) < 4.78 is 2.01. The lowest BCUT2D eigenvalue weighted by Gasteiger charge is -2.07. The zero-order chi connectivity index (χ0) is 18.6. The first-order chi connectivity index (χ1) is 13.2. The van der Waals surface area contributed by atoms with E-state index in [-0.39, 0.29) is 18.1 Å². The zero-order valence-corrected chi connectivity index (χ0v) is 15.3. The Morgan fingerprint density at radius 2 is 2.07 bits per heavy atom.